The van der Waals surface area contributed by atoms with Crippen LogP contribution in [0.1, 0.15) is 25.0 Å². The average Bonchev–Trinajstić information content (AvgIpc) is 3.49. The molecular weight excluding hydrogens is 585 g/mol. The molecule has 13 nitrogen and oxygen atoms in total. The number of rotatable bonds is 8. The Labute approximate surface area is 251 Å². The number of amides is 4. The Balaban J connectivity index is 1.53. The van der Waals surface area contributed by atoms with Gasteiger partial charge in [0.25, 0.3) is 0 Å². The second-order valence-corrected chi connectivity index (χ2v) is 10.7. The van der Waals surface area contributed by atoms with Gasteiger partial charge in [0.05, 0.1) is 31.2 Å². The molecule has 0 radical (unpaired) electrons. The number of anilines is 2. The lowest BCUT2D eigenvalue weighted by molar-refractivity contribution is -0.137. The molecule has 4 rings (SSSR count). The number of alkyl halides is 3. The third-order valence-corrected chi connectivity index (χ3v) is 7.16. The van der Waals surface area contributed by atoms with Crippen LogP contribution in [0.25, 0.3) is 0 Å². The number of nitrogens with zero attached hydrogens (tertiary/aromatic N) is 6. The Morgan fingerprint density at radius 1 is 1.16 bits per heavy atom. The maximum Gasteiger partial charge on any atom is 0.416 e. The monoisotopic (exact) mass is 618 g/mol. The minimum atomic E-state index is -4.50. The van der Waals surface area contributed by atoms with Crippen molar-refractivity contribution in [3.05, 3.63) is 59.9 Å². The molecule has 1 aromatic heterocycles. The Bertz CT molecular complexity index is 1450. The first-order valence-corrected chi connectivity index (χ1v) is 13.7. The SMILES string of the molecule is C[C@@H]1CN([C@@H](C)CO)C(=O)Cc2cc(NC(=O)Cn3cnnn3)ccc2O[C@H]1CN(C)C(=O)Nc1ccc(C(F)(F)F)cc1. The van der Waals surface area contributed by atoms with E-state index in [9.17, 15) is 32.7 Å². The Hall–Kier alpha value is -4.73. The van der Waals surface area contributed by atoms with Crippen LogP contribution in [0.4, 0.5) is 29.3 Å². The number of aliphatic hydroxyl groups excluding tert-OH is 1. The number of aliphatic hydroxyl groups is 1. The van der Waals surface area contributed by atoms with Gasteiger partial charge in [0.15, 0.2) is 0 Å². The summed E-state index contributed by atoms with van der Waals surface area (Å²) in [6, 6.07) is 7.91. The minimum absolute atomic E-state index is 0.0625. The van der Waals surface area contributed by atoms with E-state index in [1.807, 2.05) is 6.92 Å². The highest BCUT2D eigenvalue weighted by Crippen LogP contribution is 2.31. The summed E-state index contributed by atoms with van der Waals surface area (Å²) in [5.41, 5.74) is 0.256. The van der Waals surface area contributed by atoms with Gasteiger partial charge in [-0.25, -0.2) is 9.48 Å². The first kappa shape index (κ1) is 32.2. The van der Waals surface area contributed by atoms with Gasteiger partial charge in [-0.15, -0.1) is 5.10 Å². The van der Waals surface area contributed by atoms with Gasteiger partial charge in [-0.2, -0.15) is 13.2 Å². The largest absolute Gasteiger partial charge is 0.488 e. The van der Waals surface area contributed by atoms with Crippen LogP contribution in [0.3, 0.4) is 0 Å². The standard InChI is InChI=1S/C28H33F3N8O5/c1-17-12-39(18(2)15-40)26(42)11-19-10-22(33-25(41)14-38-16-32-35-36-38)8-9-23(19)44-24(17)13-37(3)27(43)34-21-6-4-20(5-7-21)28(29,30)31/h4-10,16-18,24,40H,11-15H2,1-3H3,(H,33,41)(H,34,43)/t17-,18+,24+/m1/s1. The van der Waals surface area contributed by atoms with Crippen molar-refractivity contribution in [3.63, 3.8) is 0 Å². The second-order valence-electron chi connectivity index (χ2n) is 10.7. The van der Waals surface area contributed by atoms with Crippen molar-refractivity contribution in [1.29, 1.82) is 0 Å². The zero-order valence-electron chi connectivity index (χ0n) is 24.3. The molecule has 0 unspecified atom stereocenters. The normalized spacial score (nSPS) is 17.8. The summed E-state index contributed by atoms with van der Waals surface area (Å²) < 4.78 is 46.3. The molecule has 44 heavy (non-hydrogen) atoms. The predicted molar refractivity (Wildman–Crippen MR) is 152 cm³/mol. The van der Waals surface area contributed by atoms with E-state index < -0.39 is 35.8 Å². The van der Waals surface area contributed by atoms with Gasteiger partial charge < -0.3 is 30.3 Å². The van der Waals surface area contributed by atoms with Crippen LogP contribution in [0.5, 0.6) is 5.75 Å². The fraction of sp³-hybridized carbons (Fsp3) is 0.429. The van der Waals surface area contributed by atoms with Crippen LogP contribution in [0.15, 0.2) is 48.8 Å². The molecule has 0 bridgehead atoms. The summed E-state index contributed by atoms with van der Waals surface area (Å²) in [6.07, 6.45) is -3.89. The highest BCUT2D eigenvalue weighted by molar-refractivity contribution is 5.91. The maximum atomic E-state index is 13.4. The molecule has 16 heteroatoms. The van der Waals surface area contributed by atoms with E-state index in [4.69, 9.17) is 4.74 Å². The molecule has 2 aromatic carbocycles. The molecule has 1 aliphatic heterocycles. The lowest BCUT2D eigenvalue weighted by Gasteiger charge is -2.34. The van der Waals surface area contributed by atoms with Gasteiger partial charge in [0.2, 0.25) is 11.8 Å². The van der Waals surface area contributed by atoms with Crippen molar-refractivity contribution in [2.75, 3.05) is 37.4 Å². The fourth-order valence-corrected chi connectivity index (χ4v) is 4.64. The van der Waals surface area contributed by atoms with Crippen molar-refractivity contribution >= 4 is 29.2 Å². The number of halogens is 3. The van der Waals surface area contributed by atoms with Crippen molar-refractivity contribution in [2.45, 2.75) is 45.1 Å². The maximum absolute atomic E-state index is 13.4. The molecule has 3 atom stereocenters. The summed E-state index contributed by atoms with van der Waals surface area (Å²) in [5, 5.41) is 25.8. The predicted octanol–water partition coefficient (Wildman–Crippen LogP) is 2.64. The lowest BCUT2D eigenvalue weighted by Crippen LogP contribution is -2.48. The molecule has 0 saturated carbocycles. The molecule has 3 N–H and O–H groups in total. The Morgan fingerprint density at radius 3 is 2.50 bits per heavy atom. The van der Waals surface area contributed by atoms with E-state index >= 15 is 0 Å². The number of benzene rings is 2. The Kier molecular flexibility index (Phi) is 10.0. The van der Waals surface area contributed by atoms with Crippen molar-refractivity contribution in [2.24, 2.45) is 5.92 Å². The zero-order chi connectivity index (χ0) is 32.0. The summed E-state index contributed by atoms with van der Waals surface area (Å²) in [4.78, 5) is 41.7. The number of tetrazole rings is 1. The molecule has 0 aliphatic carbocycles. The van der Waals surface area contributed by atoms with Crippen LogP contribution >= 0.6 is 0 Å². The van der Waals surface area contributed by atoms with E-state index in [2.05, 4.69) is 26.2 Å². The van der Waals surface area contributed by atoms with Gasteiger partial charge >= 0.3 is 12.2 Å². The van der Waals surface area contributed by atoms with E-state index in [0.29, 0.717) is 17.0 Å². The molecule has 1 aliphatic rings. The third kappa shape index (κ3) is 8.21. The quantitative estimate of drug-likeness (QED) is 0.348. The van der Waals surface area contributed by atoms with Crippen molar-refractivity contribution in [1.82, 2.24) is 30.0 Å². The van der Waals surface area contributed by atoms with Gasteiger partial charge in [-0.05, 0) is 59.8 Å². The fourth-order valence-electron chi connectivity index (χ4n) is 4.64. The highest BCUT2D eigenvalue weighted by Gasteiger charge is 2.32. The van der Waals surface area contributed by atoms with Crippen molar-refractivity contribution in [3.8, 4) is 5.75 Å². The first-order valence-electron chi connectivity index (χ1n) is 13.7. The molecule has 3 aromatic rings. The van der Waals surface area contributed by atoms with E-state index in [-0.39, 0.29) is 50.2 Å². The van der Waals surface area contributed by atoms with Crippen LogP contribution in [-0.2, 0) is 28.7 Å². The summed E-state index contributed by atoms with van der Waals surface area (Å²) in [7, 11) is 1.52. The van der Waals surface area contributed by atoms with Gasteiger partial charge in [-0.3, -0.25) is 9.59 Å². The smallest absolute Gasteiger partial charge is 0.416 e. The molecule has 2 heterocycles. The molecule has 236 valence electrons. The molecule has 0 saturated heterocycles. The van der Waals surface area contributed by atoms with E-state index in [1.165, 1.54) is 35.1 Å². The first-order chi connectivity index (χ1) is 20.8. The average molecular weight is 619 g/mol. The molecule has 0 fully saturated rings. The highest BCUT2D eigenvalue weighted by atomic mass is 19.4. The number of fused-ring (bicyclic) bond motifs is 1. The lowest BCUT2D eigenvalue weighted by atomic mass is 10.0. The van der Waals surface area contributed by atoms with Gasteiger partial charge in [-0.1, -0.05) is 6.92 Å². The Morgan fingerprint density at radius 2 is 1.86 bits per heavy atom. The van der Waals surface area contributed by atoms with Gasteiger partial charge in [0, 0.05) is 36.4 Å². The number of likely N-dealkylation sites (N-methyl/N-ethyl adjacent to an activating group) is 1. The topological polar surface area (TPSA) is 155 Å². The van der Waals surface area contributed by atoms with Crippen LogP contribution in [0, 0.1) is 5.92 Å². The number of urea groups is 1. The van der Waals surface area contributed by atoms with Crippen molar-refractivity contribution < 1.29 is 37.4 Å². The number of aromatic nitrogens is 4. The van der Waals surface area contributed by atoms with E-state index in [1.54, 1.807) is 30.0 Å². The zero-order valence-corrected chi connectivity index (χ0v) is 24.3. The molecule has 4 amide bonds. The number of hydrogen-bond donors (Lipinski definition) is 3. The third-order valence-electron chi connectivity index (χ3n) is 7.16. The number of nitrogens with one attached hydrogen (secondary N) is 2. The van der Waals surface area contributed by atoms with Crippen LogP contribution in [-0.4, -0.2) is 91.8 Å². The number of hydrogen-bond acceptors (Lipinski definition) is 8. The number of ether oxygens (including phenoxy) is 1. The van der Waals surface area contributed by atoms with Crippen LogP contribution in [0.2, 0.25) is 0 Å². The summed E-state index contributed by atoms with van der Waals surface area (Å²) in [6.45, 7) is 3.48. The van der Waals surface area contributed by atoms with Crippen LogP contribution < -0.4 is 15.4 Å². The summed E-state index contributed by atoms with van der Waals surface area (Å²) >= 11 is 0. The molecule has 0 spiro atoms. The number of carbonyl (C=O) groups is 3. The second kappa shape index (κ2) is 13.7. The number of carbonyl (C=O) groups excluding carboxylic acids is 3. The van der Waals surface area contributed by atoms with E-state index in [0.717, 1.165) is 12.1 Å². The molecular formula is C28H33F3N8O5. The minimum Gasteiger partial charge on any atom is -0.488 e. The van der Waals surface area contributed by atoms with Gasteiger partial charge in [0.1, 0.15) is 24.7 Å². The summed E-state index contributed by atoms with van der Waals surface area (Å²) in [5.74, 6) is -0.579.